The van der Waals surface area contributed by atoms with Crippen LogP contribution in [0.4, 0.5) is 0 Å². The Morgan fingerprint density at radius 2 is 1.91 bits per heavy atom. The maximum atomic E-state index is 13.2. The molecule has 0 unspecified atom stereocenters. The van der Waals surface area contributed by atoms with E-state index < -0.39 is 10.0 Å². The lowest BCUT2D eigenvalue weighted by molar-refractivity contribution is 0.333. The highest BCUT2D eigenvalue weighted by atomic mass is 32.2. The lowest BCUT2D eigenvalue weighted by Gasteiger charge is -2.28. The van der Waals surface area contributed by atoms with Gasteiger partial charge in [-0.05, 0) is 48.4 Å². The Hall–Kier alpha value is -1.17. The monoisotopic (exact) mass is 349 g/mol. The van der Waals surface area contributed by atoms with Crippen LogP contribution in [-0.4, -0.2) is 19.3 Å². The van der Waals surface area contributed by atoms with Crippen LogP contribution in [0, 0.1) is 0 Å². The van der Waals surface area contributed by atoms with Crippen LogP contribution < -0.4 is 0 Å². The minimum Gasteiger partial charge on any atom is -0.207 e. The fourth-order valence-electron chi connectivity index (χ4n) is 3.17. The molecule has 3 rings (SSSR count). The highest BCUT2D eigenvalue weighted by Crippen LogP contribution is 2.36. The van der Waals surface area contributed by atoms with Gasteiger partial charge in [-0.2, -0.15) is 4.31 Å². The van der Waals surface area contributed by atoms with E-state index in [0.29, 0.717) is 11.4 Å². The summed E-state index contributed by atoms with van der Waals surface area (Å²) in [5.41, 5.74) is 1.16. The van der Waals surface area contributed by atoms with Crippen molar-refractivity contribution >= 4 is 21.4 Å². The molecule has 1 atom stereocenters. The predicted octanol–water partition coefficient (Wildman–Crippen LogP) is 4.62. The topological polar surface area (TPSA) is 37.4 Å². The third-order valence-corrected chi connectivity index (χ3v) is 7.41. The Kier molecular flexibility index (Phi) is 5.19. The van der Waals surface area contributed by atoms with Crippen molar-refractivity contribution in [1.29, 1.82) is 0 Å². The van der Waals surface area contributed by atoms with E-state index in [1.165, 1.54) is 0 Å². The van der Waals surface area contributed by atoms with E-state index in [9.17, 15) is 8.42 Å². The zero-order chi connectivity index (χ0) is 16.3. The largest absolute Gasteiger partial charge is 0.243 e. The van der Waals surface area contributed by atoms with Gasteiger partial charge < -0.3 is 0 Å². The molecule has 1 aliphatic heterocycles. The molecule has 2 heterocycles. The minimum atomic E-state index is -3.45. The molecule has 0 spiro atoms. The predicted molar refractivity (Wildman–Crippen MR) is 95.2 cm³/mol. The van der Waals surface area contributed by atoms with Crippen LogP contribution in [0.2, 0.25) is 0 Å². The second kappa shape index (κ2) is 7.16. The minimum absolute atomic E-state index is 0.0200. The lowest BCUT2D eigenvalue weighted by atomic mass is 10.1. The summed E-state index contributed by atoms with van der Waals surface area (Å²) in [4.78, 5) is 1.57. The third kappa shape index (κ3) is 3.52. The quantitative estimate of drug-likeness (QED) is 0.808. The Bertz CT molecular complexity index is 721. The molecule has 0 radical (unpaired) electrons. The van der Waals surface area contributed by atoms with Gasteiger partial charge in [-0.25, -0.2) is 8.42 Å². The summed E-state index contributed by atoms with van der Waals surface area (Å²) in [6.45, 7) is 2.69. The number of benzene rings is 1. The summed E-state index contributed by atoms with van der Waals surface area (Å²) in [6.07, 6.45) is 4.95. The maximum absolute atomic E-state index is 13.2. The normalized spacial score (nSPS) is 20.3. The molecule has 1 saturated heterocycles. The van der Waals surface area contributed by atoms with E-state index in [-0.39, 0.29) is 6.04 Å². The van der Waals surface area contributed by atoms with Crippen LogP contribution in [0.25, 0.3) is 0 Å². The molecule has 0 bridgehead atoms. The average molecular weight is 350 g/mol. The maximum Gasteiger partial charge on any atom is 0.243 e. The van der Waals surface area contributed by atoms with Crippen molar-refractivity contribution in [1.82, 2.24) is 4.31 Å². The molecular weight excluding hydrogens is 326 g/mol. The van der Waals surface area contributed by atoms with Gasteiger partial charge >= 0.3 is 0 Å². The van der Waals surface area contributed by atoms with Gasteiger partial charge in [0.25, 0.3) is 0 Å². The summed E-state index contributed by atoms with van der Waals surface area (Å²) in [5, 5.41) is 2.03. The number of hydrogen-bond donors (Lipinski definition) is 0. The van der Waals surface area contributed by atoms with Crippen LogP contribution >= 0.6 is 11.3 Å². The first-order valence-electron chi connectivity index (χ1n) is 8.27. The van der Waals surface area contributed by atoms with E-state index in [0.717, 1.165) is 42.5 Å². The Morgan fingerprint density at radius 1 is 1.13 bits per heavy atom. The smallest absolute Gasteiger partial charge is 0.207 e. The first-order valence-corrected chi connectivity index (χ1v) is 10.6. The zero-order valence-corrected chi connectivity index (χ0v) is 15.1. The van der Waals surface area contributed by atoms with Gasteiger partial charge in [-0.15, -0.1) is 11.3 Å². The first kappa shape index (κ1) is 16.7. The Labute approximate surface area is 143 Å². The fourth-order valence-corrected chi connectivity index (χ4v) is 5.78. The molecule has 1 fully saturated rings. The third-order valence-electron chi connectivity index (χ3n) is 4.51. The molecular formula is C18H23NO2S2. The second-order valence-electron chi connectivity index (χ2n) is 5.99. The summed E-state index contributed by atoms with van der Waals surface area (Å²) < 4.78 is 28.1. The molecule has 0 saturated carbocycles. The zero-order valence-electron chi connectivity index (χ0n) is 13.4. The lowest BCUT2D eigenvalue weighted by Crippen LogP contribution is -2.34. The van der Waals surface area contributed by atoms with Gasteiger partial charge in [0.05, 0.1) is 10.9 Å². The standard InChI is InChI=1S/C18H23NO2S2/c1-2-15-9-11-16(12-10-15)23(20,21)19-13-5-3-4-7-17(19)18-8-6-14-22-18/h6,8-12,14,17H,2-5,7,13H2,1H3/t17-/m0/s1. The van der Waals surface area contributed by atoms with E-state index in [1.807, 2.05) is 23.6 Å². The van der Waals surface area contributed by atoms with Gasteiger partial charge in [-0.3, -0.25) is 0 Å². The molecule has 23 heavy (non-hydrogen) atoms. The number of thiophene rings is 1. The van der Waals surface area contributed by atoms with Crippen molar-refractivity contribution in [2.24, 2.45) is 0 Å². The van der Waals surface area contributed by atoms with E-state index in [1.54, 1.807) is 27.8 Å². The molecule has 3 nitrogen and oxygen atoms in total. The summed E-state index contributed by atoms with van der Waals surface area (Å²) in [5.74, 6) is 0. The van der Waals surface area contributed by atoms with Crippen molar-refractivity contribution < 1.29 is 8.42 Å². The van der Waals surface area contributed by atoms with E-state index in [2.05, 4.69) is 13.0 Å². The number of nitrogens with zero attached hydrogens (tertiary/aromatic N) is 1. The van der Waals surface area contributed by atoms with Crippen molar-refractivity contribution in [3.8, 4) is 0 Å². The Morgan fingerprint density at radius 3 is 2.57 bits per heavy atom. The highest BCUT2D eigenvalue weighted by Gasteiger charge is 2.33. The van der Waals surface area contributed by atoms with Crippen molar-refractivity contribution in [3.05, 3.63) is 52.2 Å². The summed E-state index contributed by atoms with van der Waals surface area (Å²) in [6, 6.07) is 11.4. The molecule has 124 valence electrons. The summed E-state index contributed by atoms with van der Waals surface area (Å²) >= 11 is 1.65. The molecule has 0 aliphatic carbocycles. The van der Waals surface area contributed by atoms with Gasteiger partial charge in [0.15, 0.2) is 0 Å². The second-order valence-corrected chi connectivity index (χ2v) is 8.86. The molecule has 0 amide bonds. The number of aryl methyl sites for hydroxylation is 1. The van der Waals surface area contributed by atoms with Gasteiger partial charge in [0, 0.05) is 11.4 Å². The van der Waals surface area contributed by atoms with Crippen LogP contribution in [0.3, 0.4) is 0 Å². The molecule has 1 aliphatic rings. The van der Waals surface area contributed by atoms with Crippen molar-refractivity contribution in [2.75, 3.05) is 6.54 Å². The molecule has 2 aromatic rings. The summed E-state index contributed by atoms with van der Waals surface area (Å²) in [7, 11) is -3.45. The van der Waals surface area contributed by atoms with Gasteiger partial charge in [0.2, 0.25) is 10.0 Å². The molecule has 5 heteroatoms. The van der Waals surface area contributed by atoms with Gasteiger partial charge in [-0.1, -0.05) is 38.0 Å². The number of hydrogen-bond acceptors (Lipinski definition) is 3. The van der Waals surface area contributed by atoms with E-state index in [4.69, 9.17) is 0 Å². The van der Waals surface area contributed by atoms with Crippen LogP contribution in [0.1, 0.15) is 49.1 Å². The van der Waals surface area contributed by atoms with Crippen LogP contribution in [0.5, 0.6) is 0 Å². The number of rotatable bonds is 4. The fraction of sp³-hybridized carbons (Fsp3) is 0.444. The Balaban J connectivity index is 1.97. The van der Waals surface area contributed by atoms with E-state index >= 15 is 0 Å². The molecule has 1 aromatic carbocycles. The van der Waals surface area contributed by atoms with Crippen molar-refractivity contribution in [3.63, 3.8) is 0 Å². The van der Waals surface area contributed by atoms with Crippen LogP contribution in [0.15, 0.2) is 46.7 Å². The van der Waals surface area contributed by atoms with Crippen molar-refractivity contribution in [2.45, 2.75) is 50.0 Å². The highest BCUT2D eigenvalue weighted by molar-refractivity contribution is 7.89. The molecule has 1 aromatic heterocycles. The SMILES string of the molecule is CCc1ccc(S(=O)(=O)N2CCCCC[C@H]2c2cccs2)cc1. The molecule has 0 N–H and O–H groups in total. The first-order chi connectivity index (χ1) is 11.1. The van der Waals surface area contributed by atoms with Crippen LogP contribution in [-0.2, 0) is 16.4 Å². The average Bonchev–Trinajstić information content (AvgIpc) is 2.98. The van der Waals surface area contributed by atoms with Gasteiger partial charge in [0.1, 0.15) is 0 Å². The number of sulfonamides is 1.